The van der Waals surface area contributed by atoms with Gasteiger partial charge in [-0.25, -0.2) is 0 Å². The summed E-state index contributed by atoms with van der Waals surface area (Å²) in [7, 11) is 1.66. The lowest BCUT2D eigenvalue weighted by Crippen LogP contribution is -2.54. The van der Waals surface area contributed by atoms with Crippen molar-refractivity contribution in [3.63, 3.8) is 0 Å². The van der Waals surface area contributed by atoms with Gasteiger partial charge in [-0.05, 0) is 37.0 Å². The Morgan fingerprint density at radius 1 is 1.32 bits per heavy atom. The van der Waals surface area contributed by atoms with Gasteiger partial charge < -0.3 is 9.84 Å². The smallest absolute Gasteiger partial charge is 0.118 e. The summed E-state index contributed by atoms with van der Waals surface area (Å²) >= 11 is 0. The Balaban J connectivity index is 1.94. The van der Waals surface area contributed by atoms with E-state index < -0.39 is 5.60 Å². The maximum atomic E-state index is 11.1. The largest absolute Gasteiger partial charge is 0.497 e. The van der Waals surface area contributed by atoms with Crippen LogP contribution >= 0.6 is 0 Å². The number of benzene rings is 1. The molecule has 1 aliphatic carbocycles. The first-order chi connectivity index (χ1) is 10.7. The predicted octanol–water partition coefficient (Wildman–Crippen LogP) is 2.89. The Morgan fingerprint density at radius 3 is 2.77 bits per heavy atom. The summed E-state index contributed by atoms with van der Waals surface area (Å²) in [6.07, 6.45) is 4.99. The predicted molar refractivity (Wildman–Crippen MR) is 84.4 cm³/mol. The van der Waals surface area contributed by atoms with Gasteiger partial charge in [0.15, 0.2) is 0 Å². The lowest BCUT2D eigenvalue weighted by molar-refractivity contribution is -0.121. The van der Waals surface area contributed by atoms with Gasteiger partial charge in [-0.3, -0.25) is 4.90 Å². The third kappa shape index (κ3) is 2.71. The van der Waals surface area contributed by atoms with Crippen molar-refractivity contribution in [1.29, 1.82) is 5.26 Å². The number of likely N-dealkylation sites (tertiary alicyclic amines) is 1. The topological polar surface area (TPSA) is 56.5 Å². The fourth-order valence-corrected chi connectivity index (χ4v) is 4.25. The minimum atomic E-state index is -0.561. The average Bonchev–Trinajstić information content (AvgIpc) is 2.55. The van der Waals surface area contributed by atoms with Crippen molar-refractivity contribution in [1.82, 2.24) is 4.90 Å². The number of fused-ring (bicyclic) bond motifs is 1. The summed E-state index contributed by atoms with van der Waals surface area (Å²) in [6, 6.07) is 10.5. The van der Waals surface area contributed by atoms with Crippen molar-refractivity contribution in [2.75, 3.05) is 20.2 Å². The highest BCUT2D eigenvalue weighted by molar-refractivity contribution is 5.31. The van der Waals surface area contributed by atoms with Crippen molar-refractivity contribution in [3.05, 3.63) is 29.8 Å². The van der Waals surface area contributed by atoms with Crippen molar-refractivity contribution in [2.24, 2.45) is 5.92 Å². The van der Waals surface area contributed by atoms with Gasteiger partial charge >= 0.3 is 0 Å². The van der Waals surface area contributed by atoms with E-state index >= 15 is 0 Å². The fourth-order valence-electron chi connectivity index (χ4n) is 4.25. The van der Waals surface area contributed by atoms with E-state index in [-0.39, 0.29) is 12.0 Å². The molecule has 1 heterocycles. The van der Waals surface area contributed by atoms with Crippen LogP contribution in [0, 0.1) is 17.2 Å². The molecule has 2 aliphatic rings. The molecule has 0 amide bonds. The number of aliphatic hydroxyl groups is 1. The van der Waals surface area contributed by atoms with E-state index in [0.29, 0.717) is 6.54 Å². The second-order valence-corrected chi connectivity index (χ2v) is 6.55. The highest BCUT2D eigenvalue weighted by Gasteiger charge is 2.48. The molecule has 22 heavy (non-hydrogen) atoms. The van der Waals surface area contributed by atoms with E-state index in [4.69, 9.17) is 10.00 Å². The second kappa shape index (κ2) is 6.28. The van der Waals surface area contributed by atoms with Gasteiger partial charge in [0.2, 0.25) is 0 Å². The molecule has 1 aromatic rings. The highest BCUT2D eigenvalue weighted by Crippen LogP contribution is 2.49. The molecule has 1 saturated heterocycles. The summed E-state index contributed by atoms with van der Waals surface area (Å²) in [5, 5.41) is 20.2. The summed E-state index contributed by atoms with van der Waals surface area (Å²) < 4.78 is 5.24. The Morgan fingerprint density at radius 2 is 2.09 bits per heavy atom. The van der Waals surface area contributed by atoms with Crippen LogP contribution in [-0.2, 0) is 0 Å². The normalized spacial score (nSPS) is 32.0. The van der Waals surface area contributed by atoms with Gasteiger partial charge in [0.1, 0.15) is 5.75 Å². The number of hydrogen-bond acceptors (Lipinski definition) is 4. The molecule has 1 aliphatic heterocycles. The van der Waals surface area contributed by atoms with Crippen molar-refractivity contribution in [2.45, 2.75) is 43.7 Å². The number of piperidine rings is 1. The monoisotopic (exact) mass is 300 g/mol. The van der Waals surface area contributed by atoms with E-state index in [9.17, 15) is 5.11 Å². The number of methoxy groups -OCH3 is 1. The van der Waals surface area contributed by atoms with Crippen LogP contribution in [0.25, 0.3) is 0 Å². The first kappa shape index (κ1) is 15.3. The first-order valence-electron chi connectivity index (χ1n) is 8.15. The number of rotatable bonds is 3. The molecule has 1 N–H and O–H groups in total. The molecule has 1 saturated carbocycles. The summed E-state index contributed by atoms with van der Waals surface area (Å²) in [6.45, 7) is 1.21. The van der Waals surface area contributed by atoms with Gasteiger partial charge in [-0.2, -0.15) is 5.26 Å². The van der Waals surface area contributed by atoms with Gasteiger partial charge in [0.25, 0.3) is 0 Å². The van der Waals surface area contributed by atoms with E-state index in [1.54, 1.807) is 7.11 Å². The van der Waals surface area contributed by atoms with Gasteiger partial charge in [-0.1, -0.05) is 25.0 Å². The number of hydrogen-bond donors (Lipinski definition) is 1. The van der Waals surface area contributed by atoms with Crippen LogP contribution < -0.4 is 4.74 Å². The lowest BCUT2D eigenvalue weighted by Gasteiger charge is -2.52. The zero-order valence-corrected chi connectivity index (χ0v) is 13.2. The Kier molecular flexibility index (Phi) is 4.37. The van der Waals surface area contributed by atoms with E-state index in [1.165, 1.54) is 12.0 Å². The molecule has 2 fully saturated rings. The molecule has 3 atom stereocenters. The van der Waals surface area contributed by atoms with Crippen LogP contribution in [0.2, 0.25) is 0 Å². The molecule has 0 unspecified atom stereocenters. The molecular formula is C18H24N2O2. The highest BCUT2D eigenvalue weighted by atomic mass is 16.5. The first-order valence-corrected chi connectivity index (χ1v) is 8.15. The third-order valence-electron chi connectivity index (χ3n) is 5.40. The summed E-state index contributed by atoms with van der Waals surface area (Å²) in [5.41, 5.74) is 0.621. The van der Waals surface area contributed by atoms with Crippen LogP contribution in [0.5, 0.6) is 5.75 Å². The van der Waals surface area contributed by atoms with Crippen molar-refractivity contribution in [3.8, 4) is 11.8 Å². The van der Waals surface area contributed by atoms with Gasteiger partial charge in [-0.15, -0.1) is 0 Å². The maximum Gasteiger partial charge on any atom is 0.118 e. The average molecular weight is 300 g/mol. The van der Waals surface area contributed by atoms with Gasteiger partial charge in [0.05, 0.1) is 25.3 Å². The number of ether oxygens (including phenoxy) is 1. The van der Waals surface area contributed by atoms with Gasteiger partial charge in [0, 0.05) is 18.5 Å². The van der Waals surface area contributed by atoms with Crippen LogP contribution in [-0.4, -0.2) is 35.8 Å². The molecule has 118 valence electrons. The van der Waals surface area contributed by atoms with Crippen LogP contribution in [0.4, 0.5) is 0 Å². The Hall–Kier alpha value is -1.57. The fraction of sp³-hybridized carbons (Fsp3) is 0.611. The van der Waals surface area contributed by atoms with Crippen LogP contribution in [0.3, 0.4) is 0 Å². The SMILES string of the molecule is COc1ccc([C@H]2[C@@H]3CCCC[C@@]3(O)CCN2CC#N)cc1. The van der Waals surface area contributed by atoms with Crippen molar-refractivity contribution >= 4 is 0 Å². The maximum absolute atomic E-state index is 11.1. The second-order valence-electron chi connectivity index (χ2n) is 6.55. The molecule has 0 bridgehead atoms. The molecular weight excluding hydrogens is 276 g/mol. The number of nitriles is 1. The molecule has 3 rings (SSSR count). The molecule has 4 nitrogen and oxygen atoms in total. The standard InChI is InChI=1S/C18H24N2O2/c1-22-15-7-5-14(6-8-15)17-16-4-2-3-9-18(16,21)10-12-20(17)13-11-19/h5-8,16-17,21H,2-4,9-10,12-13H2,1H3/t16-,17-,18+/m0/s1. The van der Waals surface area contributed by atoms with E-state index in [0.717, 1.165) is 38.0 Å². The Bertz CT molecular complexity index is 551. The Labute approximate surface area is 132 Å². The number of nitrogens with zero attached hydrogens (tertiary/aromatic N) is 2. The van der Waals surface area contributed by atoms with Crippen LogP contribution in [0.15, 0.2) is 24.3 Å². The summed E-state index contributed by atoms with van der Waals surface area (Å²) in [5.74, 6) is 1.06. The molecule has 4 heteroatoms. The van der Waals surface area contributed by atoms with Crippen molar-refractivity contribution < 1.29 is 9.84 Å². The molecule has 0 spiro atoms. The molecule has 0 radical (unpaired) electrons. The summed E-state index contributed by atoms with van der Waals surface area (Å²) in [4.78, 5) is 2.23. The minimum Gasteiger partial charge on any atom is -0.497 e. The third-order valence-corrected chi connectivity index (χ3v) is 5.40. The zero-order chi connectivity index (χ0) is 15.6. The lowest BCUT2D eigenvalue weighted by atomic mass is 9.66. The quantitative estimate of drug-likeness (QED) is 0.872. The zero-order valence-electron chi connectivity index (χ0n) is 13.2. The molecule has 0 aromatic heterocycles. The van der Waals surface area contributed by atoms with E-state index in [2.05, 4.69) is 23.1 Å². The molecule has 1 aromatic carbocycles. The van der Waals surface area contributed by atoms with Crippen LogP contribution in [0.1, 0.15) is 43.7 Å². The minimum absolute atomic E-state index is 0.129. The van der Waals surface area contributed by atoms with E-state index in [1.807, 2.05) is 12.1 Å².